The Balaban J connectivity index is 1.92. The van der Waals surface area contributed by atoms with E-state index in [1.54, 1.807) is 12.1 Å². The molecule has 0 saturated heterocycles. The minimum absolute atomic E-state index is 0.0910. The van der Waals surface area contributed by atoms with Gasteiger partial charge in [0.25, 0.3) is 5.91 Å². The summed E-state index contributed by atoms with van der Waals surface area (Å²) in [6.07, 6.45) is 0.806. The largest absolute Gasteiger partial charge is 0.493 e. The Hall–Kier alpha value is -3.26. The van der Waals surface area contributed by atoms with Crippen LogP contribution in [0.15, 0.2) is 42.5 Å². The molecule has 0 aromatic heterocycles. The molecule has 2 N–H and O–H groups in total. The fourth-order valence-electron chi connectivity index (χ4n) is 3.62. The Morgan fingerprint density at radius 2 is 1.59 bits per heavy atom. The Morgan fingerprint density at radius 1 is 0.971 bits per heavy atom. The van der Waals surface area contributed by atoms with E-state index in [-0.39, 0.29) is 11.8 Å². The van der Waals surface area contributed by atoms with E-state index in [9.17, 15) is 9.59 Å². The van der Waals surface area contributed by atoms with Crippen molar-refractivity contribution in [3.05, 3.63) is 53.6 Å². The quantitative estimate of drug-likeness (QED) is 0.437. The van der Waals surface area contributed by atoms with Crippen molar-refractivity contribution in [2.75, 3.05) is 41.5 Å². The van der Waals surface area contributed by atoms with Crippen molar-refractivity contribution in [1.82, 2.24) is 15.5 Å². The molecule has 8 nitrogen and oxygen atoms in total. The van der Waals surface area contributed by atoms with E-state index in [0.717, 1.165) is 19.5 Å². The smallest absolute Gasteiger partial charge is 0.252 e. The van der Waals surface area contributed by atoms with Gasteiger partial charge in [0.15, 0.2) is 11.5 Å². The maximum Gasteiger partial charge on any atom is 0.252 e. The van der Waals surface area contributed by atoms with Crippen molar-refractivity contribution in [2.24, 2.45) is 5.92 Å². The third kappa shape index (κ3) is 7.66. The molecule has 2 rings (SSSR count). The number of carbonyl (C=O) groups is 2. The van der Waals surface area contributed by atoms with Gasteiger partial charge >= 0.3 is 0 Å². The van der Waals surface area contributed by atoms with Crippen LogP contribution in [-0.4, -0.2) is 64.2 Å². The summed E-state index contributed by atoms with van der Waals surface area (Å²) in [6, 6.07) is 12.7. The second kappa shape index (κ2) is 13.4. The lowest BCUT2D eigenvalue weighted by molar-refractivity contribution is -0.123. The van der Waals surface area contributed by atoms with Gasteiger partial charge in [-0.05, 0) is 43.6 Å². The van der Waals surface area contributed by atoms with Crippen molar-refractivity contribution in [2.45, 2.75) is 32.9 Å². The van der Waals surface area contributed by atoms with Gasteiger partial charge < -0.3 is 29.7 Å². The predicted molar refractivity (Wildman–Crippen MR) is 133 cm³/mol. The number of amides is 2. The Bertz CT molecular complexity index is 908. The highest BCUT2D eigenvalue weighted by atomic mass is 16.5. The second-order valence-corrected chi connectivity index (χ2v) is 8.48. The summed E-state index contributed by atoms with van der Waals surface area (Å²) < 4.78 is 16.0. The van der Waals surface area contributed by atoms with E-state index in [4.69, 9.17) is 14.2 Å². The standard InChI is InChI=1S/C26H37N3O5/c1-18(2)23(26(31)27-13-10-14-29(3)17-19-11-8-7-9-12-19)28-25(30)20-15-21(32-4)24(34-6)22(16-20)33-5/h7-9,11-12,15-16,18,23H,10,13-14,17H2,1-6H3,(H,27,31)(H,28,30)/t23-/m1/s1. The first kappa shape index (κ1) is 27.0. The molecule has 0 aliphatic carbocycles. The molecule has 0 aliphatic heterocycles. The average molecular weight is 472 g/mol. The molecule has 2 amide bonds. The Kier molecular flexibility index (Phi) is 10.7. The van der Waals surface area contributed by atoms with Crippen LogP contribution in [0, 0.1) is 5.92 Å². The molecular weight excluding hydrogens is 434 g/mol. The van der Waals surface area contributed by atoms with Gasteiger partial charge in [0.2, 0.25) is 11.7 Å². The third-order valence-corrected chi connectivity index (χ3v) is 5.47. The predicted octanol–water partition coefficient (Wildman–Crippen LogP) is 3.11. The summed E-state index contributed by atoms with van der Waals surface area (Å²) in [6.45, 7) is 6.02. The summed E-state index contributed by atoms with van der Waals surface area (Å²) in [7, 11) is 6.53. The van der Waals surface area contributed by atoms with Gasteiger partial charge in [0.1, 0.15) is 6.04 Å². The molecule has 0 spiro atoms. The van der Waals surface area contributed by atoms with Crippen LogP contribution in [0.5, 0.6) is 17.2 Å². The molecule has 8 heteroatoms. The van der Waals surface area contributed by atoms with Crippen LogP contribution in [0.4, 0.5) is 0 Å². The molecule has 0 bridgehead atoms. The maximum absolute atomic E-state index is 12.9. The molecular formula is C26H37N3O5. The zero-order chi connectivity index (χ0) is 25.1. The first-order valence-electron chi connectivity index (χ1n) is 11.4. The van der Waals surface area contributed by atoms with Crippen molar-refractivity contribution in [3.63, 3.8) is 0 Å². The number of hydrogen-bond acceptors (Lipinski definition) is 6. The summed E-state index contributed by atoms with van der Waals surface area (Å²) >= 11 is 0. The van der Waals surface area contributed by atoms with E-state index in [0.29, 0.717) is 29.4 Å². The van der Waals surface area contributed by atoms with Crippen molar-refractivity contribution < 1.29 is 23.8 Å². The van der Waals surface area contributed by atoms with Crippen molar-refractivity contribution in [3.8, 4) is 17.2 Å². The summed E-state index contributed by atoms with van der Waals surface area (Å²) in [5.74, 6) is 0.454. The fourth-order valence-corrected chi connectivity index (χ4v) is 3.62. The minimum Gasteiger partial charge on any atom is -0.493 e. The molecule has 1 atom stereocenters. The normalized spacial score (nSPS) is 11.8. The van der Waals surface area contributed by atoms with Gasteiger partial charge in [-0.2, -0.15) is 0 Å². The molecule has 0 saturated carbocycles. The number of nitrogens with zero attached hydrogens (tertiary/aromatic N) is 1. The van der Waals surface area contributed by atoms with Gasteiger partial charge in [-0.15, -0.1) is 0 Å². The van der Waals surface area contributed by atoms with Crippen LogP contribution in [0.25, 0.3) is 0 Å². The molecule has 186 valence electrons. The van der Waals surface area contributed by atoms with Crippen LogP contribution < -0.4 is 24.8 Å². The lowest BCUT2D eigenvalue weighted by atomic mass is 10.0. The number of carbonyl (C=O) groups excluding carboxylic acids is 2. The lowest BCUT2D eigenvalue weighted by Crippen LogP contribution is -2.50. The monoisotopic (exact) mass is 471 g/mol. The molecule has 34 heavy (non-hydrogen) atoms. The first-order valence-corrected chi connectivity index (χ1v) is 11.4. The van der Waals surface area contributed by atoms with Gasteiger partial charge in [0, 0.05) is 18.7 Å². The Morgan fingerprint density at radius 3 is 2.12 bits per heavy atom. The van der Waals surface area contributed by atoms with Crippen molar-refractivity contribution >= 4 is 11.8 Å². The molecule has 0 aliphatic rings. The van der Waals surface area contributed by atoms with Crippen LogP contribution in [0.2, 0.25) is 0 Å². The van der Waals surface area contributed by atoms with Gasteiger partial charge in [-0.25, -0.2) is 0 Å². The zero-order valence-electron chi connectivity index (χ0n) is 21.0. The van der Waals surface area contributed by atoms with Gasteiger partial charge in [-0.1, -0.05) is 44.2 Å². The highest BCUT2D eigenvalue weighted by Gasteiger charge is 2.26. The molecule has 2 aromatic rings. The fraction of sp³-hybridized carbons (Fsp3) is 0.462. The topological polar surface area (TPSA) is 89.1 Å². The highest BCUT2D eigenvalue weighted by Crippen LogP contribution is 2.38. The second-order valence-electron chi connectivity index (χ2n) is 8.48. The first-order chi connectivity index (χ1) is 16.3. The van der Waals surface area contributed by atoms with E-state index in [2.05, 4.69) is 34.7 Å². The van der Waals surface area contributed by atoms with E-state index in [1.807, 2.05) is 32.0 Å². The van der Waals surface area contributed by atoms with E-state index >= 15 is 0 Å². The van der Waals surface area contributed by atoms with Crippen LogP contribution in [0.3, 0.4) is 0 Å². The molecule has 0 fully saturated rings. The maximum atomic E-state index is 12.9. The molecule has 0 heterocycles. The molecule has 0 unspecified atom stereocenters. The number of hydrogen-bond donors (Lipinski definition) is 2. The summed E-state index contributed by atoms with van der Waals surface area (Å²) in [5.41, 5.74) is 1.57. The molecule has 0 radical (unpaired) electrons. The highest BCUT2D eigenvalue weighted by molar-refractivity contribution is 5.98. The van der Waals surface area contributed by atoms with E-state index in [1.165, 1.54) is 26.9 Å². The number of benzene rings is 2. The number of methoxy groups -OCH3 is 3. The Labute approximate surface area is 202 Å². The minimum atomic E-state index is -0.673. The number of ether oxygens (including phenoxy) is 3. The van der Waals surface area contributed by atoms with Crippen LogP contribution in [0.1, 0.15) is 36.2 Å². The number of rotatable bonds is 13. The lowest BCUT2D eigenvalue weighted by Gasteiger charge is -2.23. The summed E-state index contributed by atoms with van der Waals surface area (Å²) in [4.78, 5) is 28.0. The SMILES string of the molecule is COc1cc(C(=O)N[C@@H](C(=O)NCCCN(C)Cc2ccccc2)C(C)C)cc(OC)c1OC. The van der Waals surface area contributed by atoms with Crippen molar-refractivity contribution in [1.29, 1.82) is 0 Å². The van der Waals surface area contributed by atoms with E-state index < -0.39 is 11.9 Å². The van der Waals surface area contributed by atoms with Crippen LogP contribution >= 0.6 is 0 Å². The van der Waals surface area contributed by atoms with Gasteiger partial charge in [0.05, 0.1) is 21.3 Å². The van der Waals surface area contributed by atoms with Gasteiger partial charge in [-0.3, -0.25) is 9.59 Å². The summed E-state index contributed by atoms with van der Waals surface area (Å²) in [5, 5.41) is 5.80. The van der Waals surface area contributed by atoms with Crippen LogP contribution in [-0.2, 0) is 11.3 Å². The third-order valence-electron chi connectivity index (χ3n) is 5.47. The zero-order valence-corrected chi connectivity index (χ0v) is 21.0. The number of nitrogens with one attached hydrogen (secondary N) is 2. The average Bonchev–Trinajstić information content (AvgIpc) is 2.84. The molecule has 2 aromatic carbocycles.